The summed E-state index contributed by atoms with van der Waals surface area (Å²) in [6, 6.07) is 4.28. The van der Waals surface area contributed by atoms with Crippen LogP contribution in [0, 0.1) is 23.1 Å². The lowest BCUT2D eigenvalue weighted by atomic mass is 9.80. The zero-order chi connectivity index (χ0) is 21.4. The summed E-state index contributed by atoms with van der Waals surface area (Å²) < 4.78 is 39.0. The van der Waals surface area contributed by atoms with Crippen molar-refractivity contribution in [1.29, 1.82) is 0 Å². The molecule has 4 fully saturated rings. The molecule has 0 amide bonds. The highest BCUT2D eigenvalue weighted by Crippen LogP contribution is 2.64. The van der Waals surface area contributed by atoms with Gasteiger partial charge < -0.3 is 4.90 Å². The average molecular weight is 445 g/mol. The lowest BCUT2D eigenvalue weighted by Crippen LogP contribution is -2.55. The van der Waals surface area contributed by atoms with Crippen molar-refractivity contribution < 1.29 is 12.8 Å². The minimum atomic E-state index is -2.74. The molecule has 8 heteroatoms. The summed E-state index contributed by atoms with van der Waals surface area (Å²) in [5, 5.41) is 4.73. The van der Waals surface area contributed by atoms with Gasteiger partial charge in [0.25, 0.3) is 0 Å². The van der Waals surface area contributed by atoms with Gasteiger partial charge in [-0.2, -0.15) is 5.10 Å². The van der Waals surface area contributed by atoms with E-state index in [0.29, 0.717) is 35.3 Å². The number of halogens is 1. The van der Waals surface area contributed by atoms with Gasteiger partial charge >= 0.3 is 0 Å². The Morgan fingerprint density at radius 3 is 2.45 bits per heavy atom. The van der Waals surface area contributed by atoms with E-state index in [2.05, 4.69) is 27.6 Å². The van der Waals surface area contributed by atoms with Crippen LogP contribution in [0.25, 0.3) is 11.3 Å². The van der Waals surface area contributed by atoms with Gasteiger partial charge in [-0.1, -0.05) is 0 Å². The number of likely N-dealkylation sites (tertiary alicyclic amines) is 1. The van der Waals surface area contributed by atoms with Crippen molar-refractivity contribution in [2.24, 2.45) is 17.3 Å². The Labute approximate surface area is 182 Å². The standard InChI is InChI=1S/C23H29FN4O2S/c1-2-28-21(10-20(26-28)15-7-16(24)12-25-11-15)22-18-8-17(9-19(18)22)27-5-3-23(4-6-27)13-31(29,30)14-23/h7,10-12,17-19,22H,2-6,8-9,13-14H2,1H3/t17-,18-,19+,22+. The second-order valence-electron chi connectivity index (χ2n) is 10.2. The molecule has 31 heavy (non-hydrogen) atoms. The molecule has 0 N–H and O–H groups in total. The van der Waals surface area contributed by atoms with Gasteiger partial charge in [0.2, 0.25) is 0 Å². The molecule has 1 spiro atoms. The highest BCUT2D eigenvalue weighted by molar-refractivity contribution is 7.92. The Morgan fingerprint density at radius 1 is 1.13 bits per heavy atom. The number of aryl methyl sites for hydroxylation is 1. The van der Waals surface area contributed by atoms with Crippen molar-refractivity contribution >= 4 is 9.84 Å². The van der Waals surface area contributed by atoms with E-state index in [1.165, 1.54) is 30.8 Å². The predicted molar refractivity (Wildman–Crippen MR) is 116 cm³/mol. The first-order chi connectivity index (χ1) is 14.9. The maximum absolute atomic E-state index is 13.6. The number of hydrogen-bond acceptors (Lipinski definition) is 5. The van der Waals surface area contributed by atoms with Crippen LogP contribution in [0.3, 0.4) is 0 Å². The lowest BCUT2D eigenvalue weighted by molar-refractivity contribution is 0.0852. The van der Waals surface area contributed by atoms with E-state index in [9.17, 15) is 12.8 Å². The fourth-order valence-corrected chi connectivity index (χ4v) is 9.10. The summed E-state index contributed by atoms with van der Waals surface area (Å²) in [6.45, 7) is 5.02. The Hall–Kier alpha value is -1.80. The van der Waals surface area contributed by atoms with Crippen molar-refractivity contribution in [3.63, 3.8) is 0 Å². The second kappa shape index (κ2) is 6.85. The molecule has 2 aromatic heterocycles. The van der Waals surface area contributed by atoms with Crippen LogP contribution in [0.4, 0.5) is 4.39 Å². The van der Waals surface area contributed by atoms with Crippen molar-refractivity contribution in [1.82, 2.24) is 19.7 Å². The van der Waals surface area contributed by atoms with E-state index in [0.717, 1.165) is 43.7 Å². The monoisotopic (exact) mass is 444 g/mol. The molecule has 166 valence electrons. The van der Waals surface area contributed by atoms with Crippen LogP contribution in [0.1, 0.15) is 44.2 Å². The molecule has 4 aliphatic rings. The van der Waals surface area contributed by atoms with E-state index in [-0.39, 0.29) is 11.2 Å². The van der Waals surface area contributed by atoms with Gasteiger partial charge in [0, 0.05) is 41.4 Å². The average Bonchev–Trinajstić information content (AvgIpc) is 3.07. The Balaban J connectivity index is 1.11. The number of nitrogens with zero attached hydrogens (tertiary/aromatic N) is 4. The first-order valence-corrected chi connectivity index (χ1v) is 13.3. The largest absolute Gasteiger partial charge is 0.300 e. The number of aromatic nitrogens is 3. The van der Waals surface area contributed by atoms with Gasteiger partial charge in [-0.25, -0.2) is 12.8 Å². The van der Waals surface area contributed by atoms with Gasteiger partial charge in [0.1, 0.15) is 5.82 Å². The lowest BCUT2D eigenvalue weighted by Gasteiger charge is -2.48. The van der Waals surface area contributed by atoms with E-state index in [1.54, 1.807) is 6.20 Å². The predicted octanol–water partition coefficient (Wildman–Crippen LogP) is 3.11. The topological polar surface area (TPSA) is 68.1 Å². The Morgan fingerprint density at radius 2 is 1.84 bits per heavy atom. The van der Waals surface area contributed by atoms with Gasteiger partial charge in [-0.05, 0) is 69.7 Å². The molecule has 2 saturated heterocycles. The molecule has 6 rings (SSSR count). The van der Waals surface area contributed by atoms with Gasteiger partial charge in [0.15, 0.2) is 9.84 Å². The van der Waals surface area contributed by atoms with Crippen LogP contribution in [-0.4, -0.2) is 58.7 Å². The molecule has 4 heterocycles. The molecule has 2 aliphatic heterocycles. The molecule has 2 saturated carbocycles. The molecule has 2 aliphatic carbocycles. The number of sulfone groups is 1. The summed E-state index contributed by atoms with van der Waals surface area (Å²) in [5.74, 6) is 2.48. The maximum atomic E-state index is 13.6. The molecular formula is C23H29FN4O2S. The van der Waals surface area contributed by atoms with Crippen molar-refractivity contribution in [3.05, 3.63) is 36.0 Å². The smallest absolute Gasteiger partial charge is 0.151 e. The van der Waals surface area contributed by atoms with Gasteiger partial charge in [-0.15, -0.1) is 0 Å². The first-order valence-electron chi connectivity index (χ1n) is 11.5. The van der Waals surface area contributed by atoms with Crippen LogP contribution in [0.2, 0.25) is 0 Å². The molecule has 0 bridgehead atoms. The number of pyridine rings is 1. The zero-order valence-electron chi connectivity index (χ0n) is 17.9. The van der Waals surface area contributed by atoms with Gasteiger partial charge in [-0.3, -0.25) is 9.67 Å². The van der Waals surface area contributed by atoms with Crippen LogP contribution >= 0.6 is 0 Å². The SMILES string of the molecule is CCn1nc(-c2cncc(F)c2)cc1[C@H]1[C@@H]2C[C@@H](N3CCC4(CC3)CS(=O)(=O)C4)C[C@@H]21. The summed E-state index contributed by atoms with van der Waals surface area (Å²) in [7, 11) is -2.74. The summed E-state index contributed by atoms with van der Waals surface area (Å²) in [4.78, 5) is 6.60. The van der Waals surface area contributed by atoms with Crippen LogP contribution in [0.5, 0.6) is 0 Å². The molecule has 6 nitrogen and oxygen atoms in total. The summed E-state index contributed by atoms with van der Waals surface area (Å²) >= 11 is 0. The summed E-state index contributed by atoms with van der Waals surface area (Å²) in [6.07, 6.45) is 7.43. The Kier molecular flexibility index (Phi) is 4.39. The number of fused-ring (bicyclic) bond motifs is 1. The quantitative estimate of drug-likeness (QED) is 0.725. The number of hydrogen-bond donors (Lipinski definition) is 0. The van der Waals surface area contributed by atoms with E-state index in [4.69, 9.17) is 5.10 Å². The molecule has 2 aromatic rings. The van der Waals surface area contributed by atoms with E-state index < -0.39 is 9.84 Å². The fourth-order valence-electron chi connectivity index (χ4n) is 6.74. The third-order valence-electron chi connectivity index (χ3n) is 8.30. The van der Waals surface area contributed by atoms with Crippen molar-refractivity contribution in [3.8, 4) is 11.3 Å². The highest BCUT2D eigenvalue weighted by atomic mass is 32.2. The molecule has 4 atom stereocenters. The third kappa shape index (κ3) is 3.33. The maximum Gasteiger partial charge on any atom is 0.151 e. The summed E-state index contributed by atoms with van der Waals surface area (Å²) in [5.41, 5.74) is 2.92. The molecule has 0 radical (unpaired) electrons. The van der Waals surface area contributed by atoms with E-state index in [1.807, 2.05) is 0 Å². The zero-order valence-corrected chi connectivity index (χ0v) is 18.7. The second-order valence-corrected chi connectivity index (χ2v) is 12.3. The van der Waals surface area contributed by atoms with Gasteiger partial charge in [0.05, 0.1) is 23.4 Å². The molecular weight excluding hydrogens is 415 g/mol. The van der Waals surface area contributed by atoms with Crippen LogP contribution in [-0.2, 0) is 16.4 Å². The van der Waals surface area contributed by atoms with Crippen LogP contribution < -0.4 is 0 Å². The number of rotatable bonds is 4. The third-order valence-corrected chi connectivity index (χ3v) is 10.4. The molecule has 0 aromatic carbocycles. The minimum Gasteiger partial charge on any atom is -0.300 e. The highest BCUT2D eigenvalue weighted by Gasteiger charge is 2.59. The fraction of sp³-hybridized carbons (Fsp3) is 0.652. The molecule has 0 unspecified atom stereocenters. The first kappa shape index (κ1) is 19.9. The van der Waals surface area contributed by atoms with Crippen molar-refractivity contribution in [2.75, 3.05) is 24.6 Å². The normalized spacial score (nSPS) is 33.2. The van der Waals surface area contributed by atoms with Crippen LogP contribution in [0.15, 0.2) is 24.5 Å². The van der Waals surface area contributed by atoms with Crippen molar-refractivity contribution in [2.45, 2.75) is 51.1 Å². The van der Waals surface area contributed by atoms with E-state index >= 15 is 0 Å². The Bertz CT molecular complexity index is 1100. The number of piperidine rings is 1. The minimum absolute atomic E-state index is 0.0924.